The van der Waals surface area contributed by atoms with Crippen LogP contribution < -0.4 is 0 Å². The molecule has 1 aliphatic heterocycles. The number of aryl methyl sites for hydroxylation is 1. The zero-order valence-electron chi connectivity index (χ0n) is 11.7. The maximum absolute atomic E-state index is 6.26. The minimum atomic E-state index is -0.0632. The van der Waals surface area contributed by atoms with E-state index in [1.54, 1.807) is 6.26 Å². The predicted molar refractivity (Wildman–Crippen MR) is 75.1 cm³/mol. The maximum Gasteiger partial charge on any atom is 0.141 e. The van der Waals surface area contributed by atoms with Gasteiger partial charge in [-0.2, -0.15) is 0 Å². The first kappa shape index (κ1) is 12.5. The average Bonchev–Trinajstić information content (AvgIpc) is 2.86. The SMILES string of the molecule is Cc1ccc([C@@H]2O[C@H](C(C)C)Cc3ccoc32)cc1. The molecule has 1 aromatic carbocycles. The van der Waals surface area contributed by atoms with Crippen LogP contribution in [0, 0.1) is 12.8 Å². The highest BCUT2D eigenvalue weighted by molar-refractivity contribution is 5.33. The fourth-order valence-corrected chi connectivity index (χ4v) is 2.61. The second-order valence-corrected chi connectivity index (χ2v) is 5.72. The highest BCUT2D eigenvalue weighted by Gasteiger charge is 2.32. The lowest BCUT2D eigenvalue weighted by atomic mass is 9.92. The Morgan fingerprint density at radius 3 is 2.53 bits per heavy atom. The Labute approximate surface area is 114 Å². The topological polar surface area (TPSA) is 22.4 Å². The Bertz CT molecular complexity index is 551. The van der Waals surface area contributed by atoms with Crippen LogP contribution in [-0.2, 0) is 11.2 Å². The standard InChI is InChI=1S/C17H20O2/c1-11(2)15-10-14-8-9-18-16(14)17(19-15)13-6-4-12(3)5-7-13/h4-9,11,15,17H,10H2,1-3H3/t15-,17-/m0/s1. The Morgan fingerprint density at radius 2 is 1.84 bits per heavy atom. The molecule has 0 saturated heterocycles. The lowest BCUT2D eigenvalue weighted by Gasteiger charge is -2.31. The van der Waals surface area contributed by atoms with Crippen molar-refractivity contribution in [3.63, 3.8) is 0 Å². The van der Waals surface area contributed by atoms with Gasteiger partial charge >= 0.3 is 0 Å². The monoisotopic (exact) mass is 256 g/mol. The van der Waals surface area contributed by atoms with Crippen LogP contribution in [-0.4, -0.2) is 6.10 Å². The summed E-state index contributed by atoms with van der Waals surface area (Å²) in [5, 5.41) is 0. The summed E-state index contributed by atoms with van der Waals surface area (Å²) in [4.78, 5) is 0. The summed E-state index contributed by atoms with van der Waals surface area (Å²) in [6.45, 7) is 6.52. The first-order chi connectivity index (χ1) is 9.15. The molecular formula is C17H20O2. The van der Waals surface area contributed by atoms with Gasteiger partial charge in [0.25, 0.3) is 0 Å². The van der Waals surface area contributed by atoms with E-state index < -0.39 is 0 Å². The number of hydrogen-bond acceptors (Lipinski definition) is 2. The highest BCUT2D eigenvalue weighted by atomic mass is 16.5. The predicted octanol–water partition coefficient (Wildman–Crippen LogP) is 4.27. The highest BCUT2D eigenvalue weighted by Crippen LogP contribution is 2.37. The smallest absolute Gasteiger partial charge is 0.141 e. The number of ether oxygens (including phenoxy) is 1. The number of fused-ring (bicyclic) bond motifs is 1. The Balaban J connectivity index is 1.98. The minimum absolute atomic E-state index is 0.0632. The Kier molecular flexibility index (Phi) is 3.19. The van der Waals surface area contributed by atoms with Gasteiger partial charge in [-0.3, -0.25) is 0 Å². The summed E-state index contributed by atoms with van der Waals surface area (Å²) in [5.41, 5.74) is 3.72. The van der Waals surface area contributed by atoms with Crippen LogP contribution in [0.15, 0.2) is 41.0 Å². The largest absolute Gasteiger partial charge is 0.466 e. The van der Waals surface area contributed by atoms with Crippen LogP contribution in [0.25, 0.3) is 0 Å². The summed E-state index contributed by atoms with van der Waals surface area (Å²) in [5.74, 6) is 1.48. The van der Waals surface area contributed by atoms with Crippen molar-refractivity contribution >= 4 is 0 Å². The summed E-state index contributed by atoms with van der Waals surface area (Å²) in [6, 6.07) is 10.6. The number of benzene rings is 1. The summed E-state index contributed by atoms with van der Waals surface area (Å²) in [6.07, 6.45) is 2.92. The molecule has 100 valence electrons. The molecule has 19 heavy (non-hydrogen) atoms. The van der Waals surface area contributed by atoms with E-state index in [0.717, 1.165) is 12.2 Å². The quantitative estimate of drug-likeness (QED) is 0.800. The van der Waals surface area contributed by atoms with Crippen molar-refractivity contribution in [3.8, 4) is 0 Å². The van der Waals surface area contributed by atoms with E-state index in [9.17, 15) is 0 Å². The van der Waals surface area contributed by atoms with Gasteiger partial charge in [0.2, 0.25) is 0 Å². The third kappa shape index (κ3) is 2.33. The molecule has 0 amide bonds. The van der Waals surface area contributed by atoms with Crippen LogP contribution in [0.1, 0.15) is 42.4 Å². The molecule has 0 unspecified atom stereocenters. The normalized spacial score (nSPS) is 22.5. The van der Waals surface area contributed by atoms with Crippen LogP contribution in [0.4, 0.5) is 0 Å². The van der Waals surface area contributed by atoms with Crippen LogP contribution in [0.2, 0.25) is 0 Å². The molecule has 0 spiro atoms. The van der Waals surface area contributed by atoms with E-state index in [-0.39, 0.29) is 12.2 Å². The van der Waals surface area contributed by atoms with E-state index in [0.29, 0.717) is 5.92 Å². The summed E-state index contributed by atoms with van der Waals surface area (Å²) >= 11 is 0. The molecule has 2 nitrogen and oxygen atoms in total. The van der Waals surface area contributed by atoms with Crippen molar-refractivity contribution in [1.29, 1.82) is 0 Å². The third-order valence-electron chi connectivity index (χ3n) is 3.87. The Hall–Kier alpha value is -1.54. The number of hydrogen-bond donors (Lipinski definition) is 0. The summed E-state index contributed by atoms with van der Waals surface area (Å²) < 4.78 is 11.9. The molecule has 2 aromatic rings. The van der Waals surface area contributed by atoms with Gasteiger partial charge < -0.3 is 9.15 Å². The minimum Gasteiger partial charge on any atom is -0.466 e. The van der Waals surface area contributed by atoms with Crippen LogP contribution >= 0.6 is 0 Å². The van der Waals surface area contributed by atoms with Crippen molar-refractivity contribution in [1.82, 2.24) is 0 Å². The van der Waals surface area contributed by atoms with E-state index >= 15 is 0 Å². The molecule has 2 heterocycles. The fourth-order valence-electron chi connectivity index (χ4n) is 2.61. The second kappa shape index (κ2) is 4.86. The molecular weight excluding hydrogens is 236 g/mol. The maximum atomic E-state index is 6.26. The van der Waals surface area contributed by atoms with Crippen molar-refractivity contribution < 1.29 is 9.15 Å². The van der Waals surface area contributed by atoms with Gasteiger partial charge in [-0.05, 0) is 30.0 Å². The van der Waals surface area contributed by atoms with Crippen molar-refractivity contribution in [2.75, 3.05) is 0 Å². The van der Waals surface area contributed by atoms with Gasteiger partial charge in [0, 0.05) is 6.42 Å². The molecule has 0 radical (unpaired) electrons. The van der Waals surface area contributed by atoms with Crippen molar-refractivity contribution in [3.05, 3.63) is 59.0 Å². The zero-order chi connectivity index (χ0) is 13.4. The lowest BCUT2D eigenvalue weighted by molar-refractivity contribution is -0.0390. The van der Waals surface area contributed by atoms with Crippen molar-refractivity contribution in [2.45, 2.75) is 39.4 Å². The molecule has 0 saturated carbocycles. The summed E-state index contributed by atoms with van der Waals surface area (Å²) in [7, 11) is 0. The van der Waals surface area contributed by atoms with E-state index in [1.807, 2.05) is 0 Å². The van der Waals surface area contributed by atoms with E-state index in [2.05, 4.69) is 51.1 Å². The molecule has 2 heteroatoms. The lowest BCUT2D eigenvalue weighted by Crippen LogP contribution is -2.30. The van der Waals surface area contributed by atoms with E-state index in [4.69, 9.17) is 9.15 Å². The van der Waals surface area contributed by atoms with Gasteiger partial charge in [-0.15, -0.1) is 0 Å². The first-order valence-electron chi connectivity index (χ1n) is 6.93. The van der Waals surface area contributed by atoms with Crippen LogP contribution in [0.5, 0.6) is 0 Å². The molecule has 0 bridgehead atoms. The molecule has 0 fully saturated rings. The molecule has 0 aliphatic carbocycles. The van der Waals surface area contributed by atoms with Gasteiger partial charge in [0.05, 0.1) is 12.4 Å². The van der Waals surface area contributed by atoms with Gasteiger partial charge in [0.1, 0.15) is 11.9 Å². The van der Waals surface area contributed by atoms with Crippen molar-refractivity contribution in [2.24, 2.45) is 5.92 Å². The molecule has 1 aromatic heterocycles. The second-order valence-electron chi connectivity index (χ2n) is 5.72. The molecule has 2 atom stereocenters. The molecule has 1 aliphatic rings. The fraction of sp³-hybridized carbons (Fsp3) is 0.412. The van der Waals surface area contributed by atoms with Crippen LogP contribution in [0.3, 0.4) is 0 Å². The molecule has 0 N–H and O–H groups in total. The molecule has 3 rings (SSSR count). The van der Waals surface area contributed by atoms with Gasteiger partial charge in [0.15, 0.2) is 0 Å². The van der Waals surface area contributed by atoms with Gasteiger partial charge in [-0.1, -0.05) is 43.7 Å². The number of rotatable bonds is 2. The zero-order valence-corrected chi connectivity index (χ0v) is 11.7. The van der Waals surface area contributed by atoms with Gasteiger partial charge in [-0.25, -0.2) is 0 Å². The van der Waals surface area contributed by atoms with E-state index in [1.165, 1.54) is 16.7 Å². The average molecular weight is 256 g/mol. The number of furan rings is 1. The third-order valence-corrected chi connectivity index (χ3v) is 3.87. The Morgan fingerprint density at radius 1 is 1.11 bits per heavy atom. The first-order valence-corrected chi connectivity index (χ1v) is 6.93.